The van der Waals surface area contributed by atoms with Crippen molar-refractivity contribution in [3.8, 4) is 5.75 Å². The highest BCUT2D eigenvalue weighted by atomic mass is 35.5. The fourth-order valence-corrected chi connectivity index (χ4v) is 3.68. The smallest absolute Gasteiger partial charge is 0.332 e. The van der Waals surface area contributed by atoms with Crippen LogP contribution in [0.25, 0.3) is 10.9 Å². The first-order valence-corrected chi connectivity index (χ1v) is 9.65. The normalized spacial score (nSPS) is 11.0. The van der Waals surface area contributed by atoms with Gasteiger partial charge in [-0.05, 0) is 47.5 Å². The summed E-state index contributed by atoms with van der Waals surface area (Å²) in [5.74, 6) is -0.388. The third-order valence-corrected chi connectivity index (χ3v) is 5.15. The molecule has 4 aromatic rings. The highest BCUT2D eigenvalue weighted by Crippen LogP contribution is 2.19. The molecule has 3 aromatic carbocycles. The Hall–Kier alpha value is -3.38. The molecular formula is C23H18ClFN2O3. The molecule has 0 saturated carbocycles. The van der Waals surface area contributed by atoms with Gasteiger partial charge >= 0.3 is 5.69 Å². The number of ether oxygens (including phenoxy) is 1. The van der Waals surface area contributed by atoms with Crippen LogP contribution in [0.15, 0.2) is 76.3 Å². The number of fused-ring (bicyclic) bond motifs is 1. The summed E-state index contributed by atoms with van der Waals surface area (Å²) in [6.07, 6.45) is 0. The van der Waals surface area contributed by atoms with Gasteiger partial charge in [0.1, 0.15) is 0 Å². The third kappa shape index (κ3) is 3.74. The number of rotatable bonds is 5. The lowest BCUT2D eigenvalue weighted by molar-refractivity contribution is 0.386. The predicted octanol–water partition coefficient (Wildman–Crippen LogP) is 4.06. The van der Waals surface area contributed by atoms with Crippen LogP contribution in [0.3, 0.4) is 0 Å². The van der Waals surface area contributed by atoms with Gasteiger partial charge < -0.3 is 4.74 Å². The van der Waals surface area contributed by atoms with E-state index in [0.29, 0.717) is 21.5 Å². The first-order valence-electron chi connectivity index (χ1n) is 9.27. The zero-order valence-corrected chi connectivity index (χ0v) is 16.9. The van der Waals surface area contributed by atoms with Gasteiger partial charge in [0, 0.05) is 5.02 Å². The highest BCUT2D eigenvalue weighted by Gasteiger charge is 2.14. The molecule has 5 nitrogen and oxygen atoms in total. The van der Waals surface area contributed by atoms with E-state index >= 15 is 0 Å². The van der Waals surface area contributed by atoms with E-state index < -0.39 is 11.5 Å². The number of aromatic nitrogens is 2. The van der Waals surface area contributed by atoms with Crippen LogP contribution in [0.5, 0.6) is 5.75 Å². The van der Waals surface area contributed by atoms with Crippen molar-refractivity contribution in [3.05, 3.63) is 110 Å². The molecule has 152 valence electrons. The van der Waals surface area contributed by atoms with Crippen LogP contribution in [0, 0.1) is 5.82 Å². The molecule has 0 spiro atoms. The minimum absolute atomic E-state index is 0.0834. The predicted molar refractivity (Wildman–Crippen MR) is 115 cm³/mol. The van der Waals surface area contributed by atoms with E-state index in [2.05, 4.69) is 0 Å². The Bertz CT molecular complexity index is 1360. The van der Waals surface area contributed by atoms with E-state index in [9.17, 15) is 14.0 Å². The molecule has 0 fully saturated rings. The molecule has 0 radical (unpaired) electrons. The molecular weight excluding hydrogens is 407 g/mol. The molecule has 0 amide bonds. The van der Waals surface area contributed by atoms with Gasteiger partial charge in [-0.15, -0.1) is 0 Å². The number of nitrogens with zero attached hydrogens (tertiary/aromatic N) is 2. The van der Waals surface area contributed by atoms with E-state index in [1.807, 2.05) is 0 Å². The Balaban J connectivity index is 1.87. The zero-order chi connectivity index (χ0) is 21.3. The second kappa shape index (κ2) is 8.16. The van der Waals surface area contributed by atoms with Gasteiger partial charge in [0.25, 0.3) is 5.56 Å². The molecule has 0 aliphatic carbocycles. The van der Waals surface area contributed by atoms with Crippen molar-refractivity contribution >= 4 is 22.5 Å². The Morgan fingerprint density at radius 3 is 2.37 bits per heavy atom. The summed E-state index contributed by atoms with van der Waals surface area (Å²) < 4.78 is 21.8. The van der Waals surface area contributed by atoms with Crippen molar-refractivity contribution in [2.24, 2.45) is 0 Å². The lowest BCUT2D eigenvalue weighted by Crippen LogP contribution is -2.40. The summed E-state index contributed by atoms with van der Waals surface area (Å²) in [4.78, 5) is 26.3. The molecule has 30 heavy (non-hydrogen) atoms. The average Bonchev–Trinajstić information content (AvgIpc) is 2.74. The first-order chi connectivity index (χ1) is 14.5. The van der Waals surface area contributed by atoms with Gasteiger partial charge in [-0.1, -0.05) is 41.9 Å². The first kappa shape index (κ1) is 19.9. The van der Waals surface area contributed by atoms with Crippen molar-refractivity contribution < 1.29 is 9.13 Å². The maximum Gasteiger partial charge on any atom is 0.332 e. The Morgan fingerprint density at radius 2 is 1.63 bits per heavy atom. The molecule has 0 aliphatic rings. The lowest BCUT2D eigenvalue weighted by Gasteiger charge is -2.15. The average molecular weight is 425 g/mol. The molecule has 0 bridgehead atoms. The molecule has 1 aromatic heterocycles. The van der Waals surface area contributed by atoms with E-state index in [1.54, 1.807) is 54.6 Å². The SMILES string of the molecule is COc1ccc(Cn2c(=O)n(Cc3cccc(Cl)c3)c(=O)c3ccccc32)cc1F. The molecule has 1 heterocycles. The van der Waals surface area contributed by atoms with Gasteiger partial charge in [-0.3, -0.25) is 13.9 Å². The Labute approximate surface area is 176 Å². The number of para-hydroxylation sites is 1. The fourth-order valence-electron chi connectivity index (χ4n) is 3.47. The van der Waals surface area contributed by atoms with Crippen LogP contribution in [-0.4, -0.2) is 16.2 Å². The van der Waals surface area contributed by atoms with Gasteiger partial charge in [0.05, 0.1) is 31.1 Å². The largest absolute Gasteiger partial charge is 0.494 e. The molecule has 0 unspecified atom stereocenters. The van der Waals surface area contributed by atoms with Crippen molar-refractivity contribution in [1.29, 1.82) is 0 Å². The minimum Gasteiger partial charge on any atom is -0.494 e. The van der Waals surface area contributed by atoms with Crippen LogP contribution in [0.1, 0.15) is 11.1 Å². The van der Waals surface area contributed by atoms with Crippen molar-refractivity contribution in [1.82, 2.24) is 9.13 Å². The van der Waals surface area contributed by atoms with E-state index in [-0.39, 0.29) is 24.4 Å². The van der Waals surface area contributed by atoms with Gasteiger partial charge in [-0.2, -0.15) is 0 Å². The maximum atomic E-state index is 14.2. The maximum absolute atomic E-state index is 14.2. The van der Waals surface area contributed by atoms with E-state index in [4.69, 9.17) is 16.3 Å². The zero-order valence-electron chi connectivity index (χ0n) is 16.1. The van der Waals surface area contributed by atoms with Crippen LogP contribution in [0.4, 0.5) is 4.39 Å². The summed E-state index contributed by atoms with van der Waals surface area (Å²) in [5, 5.41) is 0.934. The molecule has 0 N–H and O–H groups in total. The number of hydrogen-bond donors (Lipinski definition) is 0. The summed E-state index contributed by atoms with van der Waals surface area (Å²) >= 11 is 6.05. The second-order valence-electron chi connectivity index (χ2n) is 6.88. The third-order valence-electron chi connectivity index (χ3n) is 4.92. The monoisotopic (exact) mass is 424 g/mol. The number of halogens is 2. The van der Waals surface area contributed by atoms with Crippen molar-refractivity contribution in [2.45, 2.75) is 13.1 Å². The van der Waals surface area contributed by atoms with Crippen LogP contribution >= 0.6 is 11.6 Å². The van der Waals surface area contributed by atoms with Gasteiger partial charge in [0.2, 0.25) is 0 Å². The number of methoxy groups -OCH3 is 1. The number of benzene rings is 3. The molecule has 7 heteroatoms. The molecule has 4 rings (SSSR count). The Morgan fingerprint density at radius 1 is 0.900 bits per heavy atom. The Kier molecular flexibility index (Phi) is 5.42. The lowest BCUT2D eigenvalue weighted by atomic mass is 10.1. The van der Waals surface area contributed by atoms with Crippen LogP contribution < -0.4 is 16.0 Å². The summed E-state index contributed by atoms with van der Waals surface area (Å²) in [6, 6.07) is 18.4. The van der Waals surface area contributed by atoms with Crippen molar-refractivity contribution in [2.75, 3.05) is 7.11 Å². The van der Waals surface area contributed by atoms with Gasteiger partial charge in [0.15, 0.2) is 11.6 Å². The summed E-state index contributed by atoms with van der Waals surface area (Å²) in [6.45, 7) is 0.191. The summed E-state index contributed by atoms with van der Waals surface area (Å²) in [5.41, 5.74) is 0.946. The topological polar surface area (TPSA) is 53.2 Å². The molecule has 0 saturated heterocycles. The minimum atomic E-state index is -0.514. The van der Waals surface area contributed by atoms with Crippen LogP contribution in [-0.2, 0) is 13.1 Å². The standard InChI is InChI=1S/C23H18ClFN2O3/c1-30-21-10-9-16(12-19(21)25)13-26-20-8-3-2-7-18(20)22(28)27(23(26)29)14-15-5-4-6-17(24)11-15/h2-12H,13-14H2,1H3. The number of hydrogen-bond acceptors (Lipinski definition) is 3. The fraction of sp³-hybridized carbons (Fsp3) is 0.130. The van der Waals surface area contributed by atoms with E-state index in [0.717, 1.165) is 5.56 Å². The quantitative estimate of drug-likeness (QED) is 0.485. The second-order valence-corrected chi connectivity index (χ2v) is 7.31. The molecule has 0 aliphatic heterocycles. The van der Waals surface area contributed by atoms with Gasteiger partial charge in [-0.25, -0.2) is 9.18 Å². The van der Waals surface area contributed by atoms with Crippen molar-refractivity contribution in [3.63, 3.8) is 0 Å². The van der Waals surface area contributed by atoms with E-state index in [1.165, 1.54) is 28.4 Å². The van der Waals surface area contributed by atoms with Crippen LogP contribution in [0.2, 0.25) is 5.02 Å². The molecule has 0 atom stereocenters. The highest BCUT2D eigenvalue weighted by molar-refractivity contribution is 6.30. The summed E-state index contributed by atoms with van der Waals surface area (Å²) in [7, 11) is 1.39.